The number of hydrogen-bond acceptors (Lipinski definition) is 3. The molecule has 0 amide bonds. The second-order valence-corrected chi connectivity index (χ2v) is 4.83. The van der Waals surface area contributed by atoms with E-state index in [1.807, 2.05) is 12.1 Å². The highest BCUT2D eigenvalue weighted by atomic mass is 16.5. The highest BCUT2D eigenvalue weighted by Gasteiger charge is 2.08. The molecular weight excluding hydrogens is 252 g/mol. The van der Waals surface area contributed by atoms with E-state index < -0.39 is 0 Å². The molecule has 0 saturated carbocycles. The van der Waals surface area contributed by atoms with Crippen LogP contribution in [0.4, 0.5) is 0 Å². The van der Waals surface area contributed by atoms with Gasteiger partial charge in [-0.25, -0.2) is 4.79 Å². The number of ether oxygens (including phenoxy) is 1. The molecule has 2 aromatic rings. The van der Waals surface area contributed by atoms with Crippen molar-refractivity contribution in [3.05, 3.63) is 59.4 Å². The SMILES string of the molecule is COC(=O)c1ccc(CNCC(C)c2ccccc2)[nH]1. The molecule has 0 spiro atoms. The minimum absolute atomic E-state index is 0.339. The fourth-order valence-electron chi connectivity index (χ4n) is 2.10. The number of nitrogens with one attached hydrogen (secondary N) is 2. The Morgan fingerprint density at radius 2 is 2.00 bits per heavy atom. The Balaban J connectivity index is 1.81. The number of methoxy groups -OCH3 is 1. The second-order valence-electron chi connectivity index (χ2n) is 4.83. The highest BCUT2D eigenvalue weighted by molar-refractivity contribution is 5.87. The fraction of sp³-hybridized carbons (Fsp3) is 0.312. The molecule has 1 atom stereocenters. The molecule has 0 aliphatic heterocycles. The Kier molecular flexibility index (Phi) is 4.96. The Hall–Kier alpha value is -2.07. The van der Waals surface area contributed by atoms with Gasteiger partial charge in [-0.1, -0.05) is 37.3 Å². The Morgan fingerprint density at radius 3 is 2.70 bits per heavy atom. The smallest absolute Gasteiger partial charge is 0.354 e. The first kappa shape index (κ1) is 14.3. The number of esters is 1. The summed E-state index contributed by atoms with van der Waals surface area (Å²) in [6.07, 6.45) is 0. The van der Waals surface area contributed by atoms with Crippen LogP contribution in [0.2, 0.25) is 0 Å². The lowest BCUT2D eigenvalue weighted by molar-refractivity contribution is 0.0594. The normalized spacial score (nSPS) is 12.1. The van der Waals surface area contributed by atoms with E-state index in [1.54, 1.807) is 6.07 Å². The van der Waals surface area contributed by atoms with E-state index in [4.69, 9.17) is 0 Å². The van der Waals surface area contributed by atoms with E-state index in [2.05, 4.69) is 46.2 Å². The van der Waals surface area contributed by atoms with E-state index in [0.29, 0.717) is 18.2 Å². The summed E-state index contributed by atoms with van der Waals surface area (Å²) >= 11 is 0. The largest absolute Gasteiger partial charge is 0.464 e. The van der Waals surface area contributed by atoms with Crippen LogP contribution < -0.4 is 5.32 Å². The molecule has 4 heteroatoms. The molecule has 1 aromatic carbocycles. The number of hydrogen-bond donors (Lipinski definition) is 2. The summed E-state index contributed by atoms with van der Waals surface area (Å²) in [5.74, 6) is 0.111. The Bertz CT molecular complexity index is 549. The van der Waals surface area contributed by atoms with Crippen molar-refractivity contribution in [3.63, 3.8) is 0 Å². The lowest BCUT2D eigenvalue weighted by Gasteiger charge is -2.12. The fourth-order valence-corrected chi connectivity index (χ4v) is 2.10. The van der Waals surface area contributed by atoms with Crippen molar-refractivity contribution in [1.82, 2.24) is 10.3 Å². The Morgan fingerprint density at radius 1 is 1.25 bits per heavy atom. The minimum Gasteiger partial charge on any atom is -0.464 e. The standard InChI is InChI=1S/C16H20N2O2/c1-12(13-6-4-3-5-7-13)10-17-11-14-8-9-15(18-14)16(19)20-2/h3-9,12,17-18H,10-11H2,1-2H3. The first-order valence-electron chi connectivity index (χ1n) is 6.72. The van der Waals surface area contributed by atoms with E-state index in [9.17, 15) is 4.79 Å². The summed E-state index contributed by atoms with van der Waals surface area (Å²) in [6, 6.07) is 14.0. The third-order valence-corrected chi connectivity index (χ3v) is 3.29. The predicted molar refractivity (Wildman–Crippen MR) is 78.7 cm³/mol. The van der Waals surface area contributed by atoms with Gasteiger partial charge in [0.1, 0.15) is 5.69 Å². The summed E-state index contributed by atoms with van der Waals surface area (Å²) in [4.78, 5) is 14.4. The van der Waals surface area contributed by atoms with E-state index in [1.165, 1.54) is 12.7 Å². The van der Waals surface area contributed by atoms with Gasteiger partial charge in [-0.3, -0.25) is 0 Å². The van der Waals surface area contributed by atoms with Gasteiger partial charge in [0.15, 0.2) is 0 Å². The van der Waals surface area contributed by atoms with Gasteiger partial charge in [-0.2, -0.15) is 0 Å². The summed E-state index contributed by atoms with van der Waals surface area (Å²) < 4.78 is 4.66. The van der Waals surface area contributed by atoms with Gasteiger partial charge < -0.3 is 15.0 Å². The van der Waals surface area contributed by atoms with Gasteiger partial charge in [0.2, 0.25) is 0 Å². The summed E-state index contributed by atoms with van der Waals surface area (Å²) in [5.41, 5.74) is 2.79. The molecule has 106 valence electrons. The number of carbonyl (C=O) groups excluding carboxylic acids is 1. The number of aromatic amines is 1. The Labute approximate surface area is 119 Å². The average molecular weight is 272 g/mol. The molecule has 0 fully saturated rings. The maximum Gasteiger partial charge on any atom is 0.354 e. The first-order chi connectivity index (χ1) is 9.70. The zero-order chi connectivity index (χ0) is 14.4. The van der Waals surface area contributed by atoms with Gasteiger partial charge in [0.25, 0.3) is 0 Å². The molecule has 0 aliphatic carbocycles. The predicted octanol–water partition coefficient (Wildman–Crippen LogP) is 2.69. The van der Waals surface area contributed by atoms with Crippen molar-refractivity contribution >= 4 is 5.97 Å². The van der Waals surface area contributed by atoms with Crippen LogP contribution >= 0.6 is 0 Å². The van der Waals surface area contributed by atoms with E-state index in [-0.39, 0.29) is 5.97 Å². The van der Waals surface area contributed by atoms with Crippen molar-refractivity contribution < 1.29 is 9.53 Å². The van der Waals surface area contributed by atoms with Gasteiger partial charge in [0.05, 0.1) is 7.11 Å². The van der Waals surface area contributed by atoms with Crippen molar-refractivity contribution in [1.29, 1.82) is 0 Å². The lowest BCUT2D eigenvalue weighted by Crippen LogP contribution is -2.19. The van der Waals surface area contributed by atoms with Crippen LogP contribution in [0.1, 0.15) is 34.6 Å². The topological polar surface area (TPSA) is 54.1 Å². The molecule has 0 saturated heterocycles. The lowest BCUT2D eigenvalue weighted by atomic mass is 10.0. The molecule has 20 heavy (non-hydrogen) atoms. The van der Waals surface area contributed by atoms with Crippen LogP contribution in [-0.2, 0) is 11.3 Å². The zero-order valence-corrected chi connectivity index (χ0v) is 11.8. The summed E-state index contributed by atoms with van der Waals surface area (Å²) in [5, 5.41) is 3.39. The van der Waals surface area contributed by atoms with E-state index >= 15 is 0 Å². The number of aromatic nitrogens is 1. The number of H-pyrrole nitrogens is 1. The molecule has 1 heterocycles. The van der Waals surface area contributed by atoms with Crippen LogP contribution in [0.5, 0.6) is 0 Å². The second kappa shape index (κ2) is 6.91. The van der Waals surface area contributed by atoms with Crippen LogP contribution in [0, 0.1) is 0 Å². The van der Waals surface area contributed by atoms with Crippen LogP contribution in [0.25, 0.3) is 0 Å². The molecule has 0 radical (unpaired) electrons. The maximum atomic E-state index is 11.3. The molecule has 0 bridgehead atoms. The third kappa shape index (κ3) is 3.71. The maximum absolute atomic E-state index is 11.3. The quantitative estimate of drug-likeness (QED) is 0.795. The molecule has 1 aromatic heterocycles. The molecule has 2 N–H and O–H groups in total. The molecule has 4 nitrogen and oxygen atoms in total. The van der Waals surface area contributed by atoms with Gasteiger partial charge in [-0.05, 0) is 23.6 Å². The van der Waals surface area contributed by atoms with Gasteiger partial charge in [-0.15, -0.1) is 0 Å². The van der Waals surface area contributed by atoms with Gasteiger partial charge >= 0.3 is 5.97 Å². The van der Waals surface area contributed by atoms with Crippen LogP contribution in [0.15, 0.2) is 42.5 Å². The van der Waals surface area contributed by atoms with Crippen LogP contribution in [0.3, 0.4) is 0 Å². The number of rotatable bonds is 6. The third-order valence-electron chi connectivity index (χ3n) is 3.29. The summed E-state index contributed by atoms with van der Waals surface area (Å²) in [7, 11) is 1.38. The summed E-state index contributed by atoms with van der Waals surface area (Å²) in [6.45, 7) is 3.78. The van der Waals surface area contributed by atoms with Crippen molar-refractivity contribution in [2.75, 3.05) is 13.7 Å². The van der Waals surface area contributed by atoms with Crippen molar-refractivity contribution in [3.8, 4) is 0 Å². The number of benzene rings is 1. The molecule has 1 unspecified atom stereocenters. The van der Waals surface area contributed by atoms with Crippen molar-refractivity contribution in [2.24, 2.45) is 0 Å². The van der Waals surface area contributed by atoms with E-state index in [0.717, 1.165) is 12.2 Å². The highest BCUT2D eigenvalue weighted by Crippen LogP contribution is 2.13. The minimum atomic E-state index is -0.339. The van der Waals surface area contributed by atoms with Gasteiger partial charge in [0, 0.05) is 18.8 Å². The molecular formula is C16H20N2O2. The molecule has 2 rings (SSSR count). The average Bonchev–Trinajstić information content (AvgIpc) is 2.96. The first-order valence-corrected chi connectivity index (χ1v) is 6.72. The van der Waals surface area contributed by atoms with Crippen LogP contribution in [-0.4, -0.2) is 24.6 Å². The monoisotopic (exact) mass is 272 g/mol. The zero-order valence-electron chi connectivity index (χ0n) is 11.8. The number of carbonyl (C=O) groups is 1. The molecule has 0 aliphatic rings. The van der Waals surface area contributed by atoms with Crippen molar-refractivity contribution in [2.45, 2.75) is 19.4 Å².